The molecule has 1 amide bonds. The summed E-state index contributed by atoms with van der Waals surface area (Å²) in [5.74, 6) is -0.337. The molecule has 4 aromatic rings. The van der Waals surface area contributed by atoms with Gasteiger partial charge in [0.2, 0.25) is 0 Å². The molecule has 0 bridgehead atoms. The van der Waals surface area contributed by atoms with E-state index < -0.39 is 0 Å². The Morgan fingerprint density at radius 1 is 1.26 bits per heavy atom. The van der Waals surface area contributed by atoms with Crippen molar-refractivity contribution in [2.45, 2.75) is 12.8 Å². The fraction of sp³-hybridized carbons (Fsp3) is 0.136. The van der Waals surface area contributed by atoms with Crippen LogP contribution in [0.25, 0.3) is 16.7 Å². The second kappa shape index (κ2) is 8.50. The van der Waals surface area contributed by atoms with E-state index >= 15 is 0 Å². The first-order chi connectivity index (χ1) is 15.0. The molecular formula is C22H17ClFN5O2. The summed E-state index contributed by atoms with van der Waals surface area (Å²) in [6.45, 7) is 0.352. The highest BCUT2D eigenvalue weighted by atomic mass is 35.5. The largest absolute Gasteiger partial charge is 0.451 e. The Morgan fingerprint density at radius 3 is 2.77 bits per heavy atom. The number of carbonyl (C=O) groups is 1. The van der Waals surface area contributed by atoms with Crippen LogP contribution in [0.15, 0.2) is 52.9 Å². The van der Waals surface area contributed by atoms with E-state index in [0.29, 0.717) is 41.4 Å². The van der Waals surface area contributed by atoms with E-state index in [1.807, 2.05) is 0 Å². The molecule has 0 saturated heterocycles. The molecule has 0 aliphatic heterocycles. The smallest absolute Gasteiger partial charge is 0.287 e. The Labute approximate surface area is 181 Å². The van der Waals surface area contributed by atoms with Gasteiger partial charge >= 0.3 is 0 Å². The van der Waals surface area contributed by atoms with Crippen molar-refractivity contribution in [2.75, 3.05) is 12.3 Å². The van der Waals surface area contributed by atoms with Gasteiger partial charge in [0, 0.05) is 17.0 Å². The molecule has 0 aliphatic carbocycles. The second-order valence-corrected chi connectivity index (χ2v) is 7.30. The quantitative estimate of drug-likeness (QED) is 0.439. The third-order valence-corrected chi connectivity index (χ3v) is 4.99. The number of amides is 1. The number of nitrogens with one attached hydrogen (secondary N) is 1. The minimum atomic E-state index is -0.376. The molecule has 0 aliphatic rings. The molecule has 0 atom stereocenters. The Bertz CT molecular complexity index is 1300. The lowest BCUT2D eigenvalue weighted by atomic mass is 10.1. The number of rotatable bonds is 6. The van der Waals surface area contributed by atoms with E-state index in [2.05, 4.69) is 16.5 Å². The Balaban J connectivity index is 1.40. The van der Waals surface area contributed by atoms with E-state index in [0.717, 1.165) is 5.39 Å². The Morgan fingerprint density at radius 2 is 2.03 bits per heavy atom. The number of halogens is 2. The van der Waals surface area contributed by atoms with Crippen molar-refractivity contribution in [3.63, 3.8) is 0 Å². The van der Waals surface area contributed by atoms with Crippen molar-refractivity contribution < 1.29 is 13.6 Å². The van der Waals surface area contributed by atoms with Crippen LogP contribution in [-0.4, -0.2) is 22.2 Å². The SMILES string of the molecule is N#Cc1c(CCCNC(=O)c2cc3cc(Cl)ccc3o2)nn(-c2ccc(F)cc2)c1N. The van der Waals surface area contributed by atoms with Gasteiger partial charge in [0.05, 0.1) is 11.4 Å². The summed E-state index contributed by atoms with van der Waals surface area (Å²) in [5.41, 5.74) is 7.97. The first-order valence-corrected chi connectivity index (χ1v) is 9.85. The molecule has 9 heteroatoms. The number of hydrogen-bond donors (Lipinski definition) is 2. The lowest BCUT2D eigenvalue weighted by molar-refractivity contribution is 0.0927. The van der Waals surface area contributed by atoms with Crippen molar-refractivity contribution in [3.05, 3.63) is 76.4 Å². The number of aromatic nitrogens is 2. The van der Waals surface area contributed by atoms with Crippen molar-refractivity contribution in [1.29, 1.82) is 5.26 Å². The third kappa shape index (κ3) is 4.22. The van der Waals surface area contributed by atoms with Crippen molar-refractivity contribution in [2.24, 2.45) is 0 Å². The summed E-state index contributed by atoms with van der Waals surface area (Å²) in [5, 5.41) is 17.9. The van der Waals surface area contributed by atoms with Crippen LogP contribution in [0.2, 0.25) is 5.02 Å². The molecule has 0 saturated carbocycles. The zero-order valence-electron chi connectivity index (χ0n) is 16.2. The van der Waals surface area contributed by atoms with Gasteiger partial charge in [0.25, 0.3) is 5.91 Å². The number of nitrogens with zero attached hydrogens (tertiary/aromatic N) is 3. The Kier molecular flexibility index (Phi) is 5.60. The lowest BCUT2D eigenvalue weighted by Crippen LogP contribution is -2.24. The minimum absolute atomic E-state index is 0.189. The molecule has 2 heterocycles. The standard InChI is InChI=1S/C22H17ClFN5O2/c23-14-3-8-19-13(10-14)11-20(31-19)22(30)27-9-1-2-18-17(12-25)21(26)29(28-18)16-6-4-15(24)5-7-16/h3-8,10-11H,1-2,9,26H2,(H,27,30). The van der Waals surface area contributed by atoms with Gasteiger partial charge in [-0.05, 0) is 61.4 Å². The van der Waals surface area contributed by atoms with Crippen LogP contribution < -0.4 is 11.1 Å². The number of fused-ring (bicyclic) bond motifs is 1. The third-order valence-electron chi connectivity index (χ3n) is 4.75. The number of anilines is 1. The zero-order chi connectivity index (χ0) is 22.0. The van der Waals surface area contributed by atoms with Crippen LogP contribution in [0.1, 0.15) is 28.2 Å². The number of nitriles is 1. The molecule has 0 radical (unpaired) electrons. The number of nitrogens with two attached hydrogens (primary N) is 1. The number of hydrogen-bond acceptors (Lipinski definition) is 5. The number of aryl methyl sites for hydroxylation is 1. The molecule has 0 spiro atoms. The molecular weight excluding hydrogens is 421 g/mol. The fourth-order valence-corrected chi connectivity index (χ4v) is 3.41. The van der Waals surface area contributed by atoms with Crippen LogP contribution in [0, 0.1) is 17.1 Å². The number of nitrogen functional groups attached to an aromatic ring is 1. The van der Waals surface area contributed by atoms with Gasteiger partial charge in [0.15, 0.2) is 5.76 Å². The predicted molar refractivity (Wildman–Crippen MR) is 115 cm³/mol. The summed E-state index contributed by atoms with van der Waals surface area (Å²) >= 11 is 5.95. The molecule has 156 valence electrons. The fourth-order valence-electron chi connectivity index (χ4n) is 3.23. The number of furan rings is 1. The molecule has 2 aromatic carbocycles. The van der Waals surface area contributed by atoms with Crippen molar-refractivity contribution in [3.8, 4) is 11.8 Å². The van der Waals surface area contributed by atoms with Gasteiger partial charge in [-0.15, -0.1) is 0 Å². The molecule has 4 rings (SSSR count). The van der Waals surface area contributed by atoms with Gasteiger partial charge in [-0.25, -0.2) is 9.07 Å². The summed E-state index contributed by atoms with van der Waals surface area (Å²) in [6.07, 6.45) is 0.962. The summed E-state index contributed by atoms with van der Waals surface area (Å²) in [4.78, 5) is 12.3. The predicted octanol–water partition coefficient (Wildman–Crippen LogP) is 4.23. The maximum Gasteiger partial charge on any atom is 0.287 e. The monoisotopic (exact) mass is 437 g/mol. The second-order valence-electron chi connectivity index (χ2n) is 6.86. The van der Waals surface area contributed by atoms with E-state index in [9.17, 15) is 14.4 Å². The van der Waals surface area contributed by atoms with E-state index in [4.69, 9.17) is 21.8 Å². The van der Waals surface area contributed by atoms with Crippen LogP contribution in [0.3, 0.4) is 0 Å². The number of carbonyl (C=O) groups excluding carboxylic acids is 1. The van der Waals surface area contributed by atoms with E-state index in [1.54, 1.807) is 24.3 Å². The average molecular weight is 438 g/mol. The zero-order valence-corrected chi connectivity index (χ0v) is 17.0. The van der Waals surface area contributed by atoms with Gasteiger partial charge in [-0.3, -0.25) is 4.79 Å². The van der Waals surface area contributed by atoms with Crippen LogP contribution in [-0.2, 0) is 6.42 Å². The lowest BCUT2D eigenvalue weighted by Gasteiger charge is -2.03. The summed E-state index contributed by atoms with van der Waals surface area (Å²) < 4.78 is 20.1. The molecule has 0 unspecified atom stereocenters. The van der Waals surface area contributed by atoms with Gasteiger partial charge in [-0.2, -0.15) is 10.4 Å². The normalized spacial score (nSPS) is 10.9. The maximum absolute atomic E-state index is 13.2. The molecule has 2 aromatic heterocycles. The minimum Gasteiger partial charge on any atom is -0.451 e. The van der Waals surface area contributed by atoms with Crippen LogP contribution in [0.4, 0.5) is 10.2 Å². The Hall–Kier alpha value is -3.83. The average Bonchev–Trinajstić information content (AvgIpc) is 3.32. The molecule has 3 N–H and O–H groups in total. The van der Waals surface area contributed by atoms with Gasteiger partial charge in [-0.1, -0.05) is 11.6 Å². The highest BCUT2D eigenvalue weighted by Crippen LogP contribution is 2.23. The topological polar surface area (TPSA) is 110 Å². The highest BCUT2D eigenvalue weighted by Gasteiger charge is 2.17. The van der Waals surface area contributed by atoms with Crippen LogP contribution in [0.5, 0.6) is 0 Å². The maximum atomic E-state index is 13.2. The van der Waals surface area contributed by atoms with Crippen molar-refractivity contribution in [1.82, 2.24) is 15.1 Å². The molecule has 0 fully saturated rings. The number of benzene rings is 2. The highest BCUT2D eigenvalue weighted by molar-refractivity contribution is 6.31. The van der Waals surface area contributed by atoms with Gasteiger partial charge < -0.3 is 15.5 Å². The first-order valence-electron chi connectivity index (χ1n) is 9.47. The molecule has 31 heavy (non-hydrogen) atoms. The van der Waals surface area contributed by atoms with E-state index in [-0.39, 0.29) is 28.9 Å². The first kappa shape index (κ1) is 20.4. The summed E-state index contributed by atoms with van der Waals surface area (Å²) in [7, 11) is 0. The van der Waals surface area contributed by atoms with Crippen LogP contribution >= 0.6 is 11.6 Å². The van der Waals surface area contributed by atoms with E-state index in [1.165, 1.54) is 28.9 Å². The van der Waals surface area contributed by atoms with Crippen molar-refractivity contribution >= 4 is 34.3 Å². The van der Waals surface area contributed by atoms with Gasteiger partial charge in [0.1, 0.15) is 28.9 Å². The summed E-state index contributed by atoms with van der Waals surface area (Å²) in [6, 6.07) is 14.5. The molecule has 7 nitrogen and oxygen atoms in total.